The molecule has 0 amide bonds. The maximum Gasteiger partial charge on any atom is 0.160 e. The van der Waals surface area contributed by atoms with Gasteiger partial charge >= 0.3 is 0 Å². The van der Waals surface area contributed by atoms with E-state index in [-0.39, 0.29) is 47.8 Å². The van der Waals surface area contributed by atoms with Crippen LogP contribution in [0.25, 0.3) is 0 Å². The fraction of sp³-hybridized carbons (Fsp3) is 0.684. The maximum atomic E-state index is 10.8. The molecular weight excluding hydrogens is 276 g/mol. The number of ether oxygens (including phenoxy) is 1. The van der Waals surface area contributed by atoms with E-state index in [0.29, 0.717) is 31.2 Å². The highest BCUT2D eigenvalue weighted by Crippen LogP contribution is 2.61. The highest BCUT2D eigenvalue weighted by Gasteiger charge is 2.54. The molecular formula is C19H26O3. The molecule has 0 spiro atoms. The first-order valence-corrected chi connectivity index (χ1v) is 8.09. The van der Waals surface area contributed by atoms with Crippen LogP contribution in [0.5, 0.6) is 11.5 Å². The Morgan fingerprint density at radius 2 is 2.23 bits per heavy atom. The van der Waals surface area contributed by atoms with Gasteiger partial charge in [-0.05, 0) is 84.9 Å². The van der Waals surface area contributed by atoms with Crippen LogP contribution in [-0.4, -0.2) is 23.4 Å². The van der Waals surface area contributed by atoms with Crippen molar-refractivity contribution in [1.29, 1.82) is 0 Å². The third-order valence-corrected chi connectivity index (χ3v) is 6.22. The number of aromatic hydroxyl groups is 1. The topological polar surface area (TPSA) is 49.7 Å². The van der Waals surface area contributed by atoms with Gasteiger partial charge in [0.05, 0.1) is 17.3 Å². The van der Waals surface area contributed by atoms with Crippen molar-refractivity contribution in [3.05, 3.63) is 23.2 Å². The minimum absolute atomic E-state index is 0.0170. The molecule has 0 aliphatic heterocycles. The van der Waals surface area contributed by atoms with Crippen molar-refractivity contribution >= 4 is 0 Å². The first kappa shape index (κ1) is 9.82. The molecule has 3 nitrogen and oxygen atoms in total. The van der Waals surface area contributed by atoms with Crippen LogP contribution in [-0.2, 0) is 6.42 Å². The first-order chi connectivity index (χ1) is 12.5. The van der Waals surface area contributed by atoms with E-state index in [2.05, 4.69) is 0 Å². The molecule has 2 saturated carbocycles. The molecule has 3 aliphatic carbocycles. The summed E-state index contributed by atoms with van der Waals surface area (Å²) in [6.45, 7) is 1.83. The number of hydrogen-bond donors (Lipinski definition) is 2. The molecule has 0 saturated heterocycles. The zero-order valence-corrected chi connectivity index (χ0v) is 13.1. The Labute approximate surface area is 139 Å². The quantitative estimate of drug-likeness (QED) is 0.833. The highest BCUT2D eigenvalue weighted by molar-refractivity contribution is 5.49. The van der Waals surface area contributed by atoms with E-state index >= 15 is 0 Å². The molecule has 0 bridgehead atoms. The van der Waals surface area contributed by atoms with Crippen LogP contribution >= 0.6 is 0 Å². The third-order valence-electron chi connectivity index (χ3n) is 6.22. The van der Waals surface area contributed by atoms with Crippen LogP contribution in [0.3, 0.4) is 0 Å². The van der Waals surface area contributed by atoms with Gasteiger partial charge in [0.15, 0.2) is 11.5 Å². The second kappa shape index (κ2) is 4.89. The average Bonchev–Trinajstić information content (AvgIpc) is 2.75. The van der Waals surface area contributed by atoms with Crippen molar-refractivity contribution in [2.75, 3.05) is 7.11 Å². The van der Waals surface area contributed by atoms with Gasteiger partial charge in [0, 0.05) is 2.74 Å². The number of methoxy groups -OCH3 is 1. The van der Waals surface area contributed by atoms with Gasteiger partial charge in [0.1, 0.15) is 0 Å². The highest BCUT2D eigenvalue weighted by atomic mass is 16.5. The van der Waals surface area contributed by atoms with Gasteiger partial charge in [0.25, 0.3) is 0 Å². The van der Waals surface area contributed by atoms with Crippen molar-refractivity contribution in [1.82, 2.24) is 0 Å². The van der Waals surface area contributed by atoms with E-state index in [9.17, 15) is 10.2 Å². The van der Waals surface area contributed by atoms with Gasteiger partial charge in [-0.3, -0.25) is 0 Å². The van der Waals surface area contributed by atoms with E-state index in [0.717, 1.165) is 5.56 Å². The molecule has 22 heavy (non-hydrogen) atoms. The van der Waals surface area contributed by atoms with Crippen LogP contribution in [0.2, 0.25) is 0 Å². The van der Waals surface area contributed by atoms with Crippen molar-refractivity contribution in [2.24, 2.45) is 17.3 Å². The lowest BCUT2D eigenvalue weighted by Gasteiger charge is -2.50. The summed E-state index contributed by atoms with van der Waals surface area (Å²) in [6.07, 6.45) is -1.61. The van der Waals surface area contributed by atoms with Gasteiger partial charge in [-0.25, -0.2) is 0 Å². The SMILES string of the molecule is [2H]c1c(O)c(OC)c([2H])c2c1CC[C@@H]1[C@@H]2CC[C@@]2(C)[C@H]1CC([2H])([2H])C2([2H])O. The third kappa shape index (κ3) is 1.84. The van der Waals surface area contributed by atoms with E-state index in [1.165, 1.54) is 7.11 Å². The Morgan fingerprint density at radius 1 is 1.41 bits per heavy atom. The summed E-state index contributed by atoms with van der Waals surface area (Å²) in [5, 5.41) is 21.0. The summed E-state index contributed by atoms with van der Waals surface area (Å²) < 4.78 is 46.9. The Morgan fingerprint density at radius 3 is 3.00 bits per heavy atom. The molecule has 0 aromatic heterocycles. The van der Waals surface area contributed by atoms with Gasteiger partial charge in [-0.15, -0.1) is 0 Å². The summed E-state index contributed by atoms with van der Waals surface area (Å²) in [7, 11) is 1.38. The lowest BCUT2D eigenvalue weighted by Crippen LogP contribution is -2.43. The predicted molar refractivity (Wildman–Crippen MR) is 85.3 cm³/mol. The lowest BCUT2D eigenvalue weighted by molar-refractivity contribution is -0.0226. The number of phenolic OH excluding ortho intramolecular Hbond substituents is 1. The van der Waals surface area contributed by atoms with Crippen molar-refractivity contribution in [3.8, 4) is 11.5 Å². The standard InChI is InChI=1S/C19H26O3/c1-19-8-7-12-13(15(19)5-6-18(19)21)4-3-11-9-16(20)17(22-2)10-14(11)12/h9-10,12-13,15,18,20-21H,3-8H2,1-2H3/t12-,13+,15-,18?,19-/m0/s1/i6D2,9D,10D,18D. The molecule has 1 aromatic rings. The lowest BCUT2D eigenvalue weighted by atomic mass is 9.55. The second-order valence-corrected chi connectivity index (χ2v) is 7.13. The normalized spacial score (nSPS) is 48.7. The Bertz CT molecular complexity index is 809. The molecule has 120 valence electrons. The van der Waals surface area contributed by atoms with Crippen LogP contribution in [0.1, 0.15) is 62.9 Å². The average molecular weight is 307 g/mol. The zero-order chi connectivity index (χ0) is 19.9. The van der Waals surface area contributed by atoms with Crippen molar-refractivity contribution < 1.29 is 21.8 Å². The number of aliphatic hydroxyl groups is 1. The number of hydrogen-bond acceptors (Lipinski definition) is 3. The molecule has 3 heteroatoms. The number of phenols is 1. The number of fused-ring (bicyclic) bond motifs is 5. The van der Waals surface area contributed by atoms with Gasteiger partial charge < -0.3 is 14.9 Å². The first-order valence-electron chi connectivity index (χ1n) is 10.6. The summed E-state index contributed by atoms with van der Waals surface area (Å²) >= 11 is 0. The Balaban J connectivity index is 1.83. The molecule has 2 fully saturated rings. The molecule has 1 unspecified atom stereocenters. The Kier molecular flexibility index (Phi) is 2.18. The van der Waals surface area contributed by atoms with Crippen LogP contribution in [0.15, 0.2) is 12.1 Å². The second-order valence-electron chi connectivity index (χ2n) is 7.13. The molecule has 1 aromatic carbocycles. The molecule has 3 aliphatic rings. The number of rotatable bonds is 1. The van der Waals surface area contributed by atoms with E-state index in [1.807, 2.05) is 6.92 Å². The summed E-state index contributed by atoms with van der Waals surface area (Å²) in [6, 6.07) is 0.129. The predicted octanol–water partition coefficient (Wildman–Crippen LogP) is 3.62. The van der Waals surface area contributed by atoms with E-state index in [4.69, 9.17) is 11.6 Å². The molecule has 0 heterocycles. The molecule has 4 rings (SSSR count). The monoisotopic (exact) mass is 307 g/mol. The molecule has 5 atom stereocenters. The van der Waals surface area contributed by atoms with Crippen molar-refractivity contribution in [2.45, 2.75) is 57.4 Å². The zero-order valence-electron chi connectivity index (χ0n) is 18.1. The molecule has 2 N–H and O–H groups in total. The minimum Gasteiger partial charge on any atom is -0.504 e. The van der Waals surface area contributed by atoms with Gasteiger partial charge in [-0.2, -0.15) is 0 Å². The summed E-state index contributed by atoms with van der Waals surface area (Å²) in [5.41, 5.74) is 0.585. The van der Waals surface area contributed by atoms with Crippen LogP contribution < -0.4 is 4.74 Å². The van der Waals surface area contributed by atoms with Gasteiger partial charge in [0.2, 0.25) is 0 Å². The smallest absolute Gasteiger partial charge is 0.160 e. The molecule has 0 radical (unpaired) electrons. The number of benzene rings is 1. The maximum absolute atomic E-state index is 10.8. The van der Waals surface area contributed by atoms with Crippen LogP contribution in [0, 0.1) is 17.3 Å². The summed E-state index contributed by atoms with van der Waals surface area (Å²) in [5.74, 6) is -0.425. The fourth-order valence-electron chi connectivity index (χ4n) is 4.94. The minimum atomic E-state index is -2.13. The van der Waals surface area contributed by atoms with Gasteiger partial charge in [-0.1, -0.05) is 6.92 Å². The van der Waals surface area contributed by atoms with E-state index < -0.39 is 17.9 Å². The van der Waals surface area contributed by atoms with Crippen molar-refractivity contribution in [3.63, 3.8) is 0 Å². The van der Waals surface area contributed by atoms with Crippen LogP contribution in [0.4, 0.5) is 0 Å². The van der Waals surface area contributed by atoms with E-state index in [1.54, 1.807) is 0 Å². The summed E-state index contributed by atoms with van der Waals surface area (Å²) in [4.78, 5) is 0. The Hall–Kier alpha value is -1.22. The fourth-order valence-corrected chi connectivity index (χ4v) is 4.94. The largest absolute Gasteiger partial charge is 0.504 e.